The summed E-state index contributed by atoms with van der Waals surface area (Å²) in [5.41, 5.74) is 1.07. The van der Waals surface area contributed by atoms with E-state index in [1.807, 2.05) is 6.92 Å². The lowest BCUT2D eigenvalue weighted by molar-refractivity contribution is -0.385. The molecule has 1 N–H and O–H groups in total. The predicted molar refractivity (Wildman–Crippen MR) is 59.1 cm³/mol. The molecule has 1 rings (SSSR count). The largest absolute Gasteiger partial charge is 0.478 e. The van der Waals surface area contributed by atoms with E-state index < -0.39 is 10.9 Å². The van der Waals surface area contributed by atoms with Crippen LogP contribution in [0.4, 0.5) is 5.69 Å². The smallest absolute Gasteiger partial charge is 0.328 e. The zero-order chi connectivity index (χ0) is 12.1. The van der Waals surface area contributed by atoms with Gasteiger partial charge in [0.2, 0.25) is 0 Å². The number of carboxylic acids is 1. The van der Waals surface area contributed by atoms with Gasteiger partial charge in [0.05, 0.1) is 10.5 Å². The van der Waals surface area contributed by atoms with Crippen LogP contribution in [-0.2, 0) is 11.2 Å². The maximum Gasteiger partial charge on any atom is 0.328 e. The quantitative estimate of drug-likeness (QED) is 0.480. The molecule has 0 aliphatic carbocycles. The molecule has 0 saturated carbocycles. The third-order valence-electron chi connectivity index (χ3n) is 2.11. The Labute approximate surface area is 92.2 Å². The van der Waals surface area contributed by atoms with E-state index in [1.54, 1.807) is 12.1 Å². The van der Waals surface area contributed by atoms with Crippen molar-refractivity contribution < 1.29 is 14.8 Å². The lowest BCUT2D eigenvalue weighted by Gasteiger charge is -2.00. The second-order valence-corrected chi connectivity index (χ2v) is 3.18. The fourth-order valence-corrected chi connectivity index (χ4v) is 1.27. The van der Waals surface area contributed by atoms with Crippen LogP contribution in [0.1, 0.15) is 18.1 Å². The number of hydrogen-bond acceptors (Lipinski definition) is 3. The molecule has 0 bridgehead atoms. The van der Waals surface area contributed by atoms with Crippen molar-refractivity contribution in [3.8, 4) is 0 Å². The molecular formula is C11H11NO4. The topological polar surface area (TPSA) is 80.4 Å². The maximum atomic E-state index is 10.8. The summed E-state index contributed by atoms with van der Waals surface area (Å²) >= 11 is 0. The molecule has 5 nitrogen and oxygen atoms in total. The Kier molecular flexibility index (Phi) is 3.77. The van der Waals surface area contributed by atoms with Crippen LogP contribution in [0, 0.1) is 10.1 Å². The highest BCUT2D eigenvalue weighted by Gasteiger charge is 2.11. The van der Waals surface area contributed by atoms with Crippen LogP contribution in [0.5, 0.6) is 0 Å². The van der Waals surface area contributed by atoms with Gasteiger partial charge in [0, 0.05) is 12.1 Å². The van der Waals surface area contributed by atoms with Crippen molar-refractivity contribution in [1.29, 1.82) is 0 Å². The number of carboxylic acid groups (broad SMARTS) is 1. The van der Waals surface area contributed by atoms with E-state index in [4.69, 9.17) is 5.11 Å². The highest BCUT2D eigenvalue weighted by Crippen LogP contribution is 2.21. The van der Waals surface area contributed by atoms with Gasteiger partial charge in [-0.2, -0.15) is 0 Å². The standard InChI is InChI=1S/C11H11NO4/c1-2-8-3-4-9(5-6-11(13)14)10(7-8)12(15)16/h3-7H,2H2,1H3,(H,13,14). The molecule has 0 unspecified atom stereocenters. The highest BCUT2D eigenvalue weighted by molar-refractivity contribution is 5.86. The van der Waals surface area contributed by atoms with Crippen molar-refractivity contribution in [2.75, 3.05) is 0 Å². The average Bonchev–Trinajstić information content (AvgIpc) is 2.25. The van der Waals surface area contributed by atoms with Crippen LogP contribution in [0.15, 0.2) is 24.3 Å². The molecule has 16 heavy (non-hydrogen) atoms. The van der Waals surface area contributed by atoms with Gasteiger partial charge in [-0.1, -0.05) is 13.0 Å². The summed E-state index contributed by atoms with van der Waals surface area (Å²) in [5.74, 6) is -1.13. The Morgan fingerprint density at radius 2 is 2.25 bits per heavy atom. The Hall–Kier alpha value is -2.17. The first-order chi connectivity index (χ1) is 7.54. The van der Waals surface area contributed by atoms with E-state index in [9.17, 15) is 14.9 Å². The summed E-state index contributed by atoms with van der Waals surface area (Å²) in [5, 5.41) is 19.2. The monoisotopic (exact) mass is 221 g/mol. The van der Waals surface area contributed by atoms with Crippen LogP contribution in [0.3, 0.4) is 0 Å². The first-order valence-electron chi connectivity index (χ1n) is 4.73. The zero-order valence-corrected chi connectivity index (χ0v) is 8.71. The Morgan fingerprint density at radius 3 is 2.75 bits per heavy atom. The van der Waals surface area contributed by atoms with E-state index >= 15 is 0 Å². The number of hydrogen-bond donors (Lipinski definition) is 1. The van der Waals surface area contributed by atoms with Gasteiger partial charge >= 0.3 is 5.97 Å². The number of aliphatic carboxylic acids is 1. The molecule has 5 heteroatoms. The molecule has 84 valence electrons. The lowest BCUT2D eigenvalue weighted by Crippen LogP contribution is -1.94. The summed E-state index contributed by atoms with van der Waals surface area (Å²) < 4.78 is 0. The minimum Gasteiger partial charge on any atom is -0.478 e. The predicted octanol–water partition coefficient (Wildman–Crippen LogP) is 2.25. The van der Waals surface area contributed by atoms with Gasteiger partial charge in [0.15, 0.2) is 0 Å². The van der Waals surface area contributed by atoms with Crippen molar-refractivity contribution in [2.45, 2.75) is 13.3 Å². The molecule has 1 aromatic rings. The summed E-state index contributed by atoms with van der Waals surface area (Å²) in [6.45, 7) is 1.89. The van der Waals surface area contributed by atoms with Crippen LogP contribution in [0.2, 0.25) is 0 Å². The van der Waals surface area contributed by atoms with Gasteiger partial charge in [0.25, 0.3) is 5.69 Å². The fourth-order valence-electron chi connectivity index (χ4n) is 1.27. The molecule has 0 fully saturated rings. The van der Waals surface area contributed by atoms with Crippen LogP contribution in [0.25, 0.3) is 6.08 Å². The number of nitro benzene ring substituents is 1. The highest BCUT2D eigenvalue weighted by atomic mass is 16.6. The summed E-state index contributed by atoms with van der Waals surface area (Å²) in [6.07, 6.45) is 2.80. The molecule has 0 spiro atoms. The third kappa shape index (κ3) is 2.91. The summed E-state index contributed by atoms with van der Waals surface area (Å²) in [4.78, 5) is 20.6. The number of nitro groups is 1. The first-order valence-corrected chi connectivity index (χ1v) is 4.73. The molecule has 0 atom stereocenters. The van der Waals surface area contributed by atoms with Gasteiger partial charge in [-0.25, -0.2) is 4.79 Å². The van der Waals surface area contributed by atoms with Gasteiger partial charge in [-0.3, -0.25) is 10.1 Å². The van der Waals surface area contributed by atoms with Crippen LogP contribution in [-0.4, -0.2) is 16.0 Å². The number of nitrogens with zero attached hydrogens (tertiary/aromatic N) is 1. The second-order valence-electron chi connectivity index (χ2n) is 3.18. The molecule has 0 heterocycles. The molecule has 0 saturated heterocycles. The Bertz CT molecular complexity index is 451. The maximum absolute atomic E-state index is 10.8. The van der Waals surface area contributed by atoms with Gasteiger partial charge in [-0.15, -0.1) is 0 Å². The van der Waals surface area contributed by atoms with E-state index in [2.05, 4.69) is 0 Å². The molecular weight excluding hydrogens is 210 g/mol. The van der Waals surface area contributed by atoms with E-state index in [-0.39, 0.29) is 5.69 Å². The first kappa shape index (κ1) is 11.9. The van der Waals surface area contributed by atoms with E-state index in [0.717, 1.165) is 11.6 Å². The summed E-state index contributed by atoms with van der Waals surface area (Å²) in [7, 11) is 0. The minimum absolute atomic E-state index is 0.0724. The van der Waals surface area contributed by atoms with Crippen molar-refractivity contribution in [3.63, 3.8) is 0 Å². The lowest BCUT2D eigenvalue weighted by atomic mass is 10.1. The normalized spacial score (nSPS) is 10.6. The molecule has 0 radical (unpaired) electrons. The van der Waals surface area contributed by atoms with Crippen molar-refractivity contribution in [3.05, 3.63) is 45.5 Å². The molecule has 0 aromatic heterocycles. The van der Waals surface area contributed by atoms with Crippen molar-refractivity contribution >= 4 is 17.7 Å². The summed E-state index contributed by atoms with van der Waals surface area (Å²) in [6, 6.07) is 4.76. The second kappa shape index (κ2) is 5.06. The van der Waals surface area contributed by atoms with E-state index in [1.165, 1.54) is 12.1 Å². The molecule has 0 amide bonds. The van der Waals surface area contributed by atoms with E-state index in [0.29, 0.717) is 12.0 Å². The van der Waals surface area contributed by atoms with Crippen LogP contribution >= 0.6 is 0 Å². The van der Waals surface area contributed by atoms with Gasteiger partial charge in [-0.05, 0) is 24.1 Å². The molecule has 0 aliphatic heterocycles. The van der Waals surface area contributed by atoms with Gasteiger partial charge in [0.1, 0.15) is 0 Å². The number of rotatable bonds is 4. The Balaban J connectivity index is 3.18. The van der Waals surface area contributed by atoms with Crippen LogP contribution < -0.4 is 0 Å². The molecule has 1 aromatic carbocycles. The molecule has 0 aliphatic rings. The Morgan fingerprint density at radius 1 is 1.56 bits per heavy atom. The van der Waals surface area contributed by atoms with Crippen molar-refractivity contribution in [2.24, 2.45) is 0 Å². The average molecular weight is 221 g/mol. The zero-order valence-electron chi connectivity index (χ0n) is 8.71. The SMILES string of the molecule is CCc1ccc(C=CC(=O)O)c([N+](=O)[O-])c1. The number of aryl methyl sites for hydroxylation is 1. The van der Waals surface area contributed by atoms with Gasteiger partial charge < -0.3 is 5.11 Å². The fraction of sp³-hybridized carbons (Fsp3) is 0.182. The number of carbonyl (C=O) groups is 1. The number of benzene rings is 1. The third-order valence-corrected chi connectivity index (χ3v) is 2.11. The van der Waals surface area contributed by atoms with Crippen molar-refractivity contribution in [1.82, 2.24) is 0 Å². The minimum atomic E-state index is -1.13.